The molecule has 6 nitrogen and oxygen atoms in total. The number of rotatable bonds is 6. The summed E-state index contributed by atoms with van der Waals surface area (Å²) in [4.78, 5) is 13.6. The van der Waals surface area contributed by atoms with Gasteiger partial charge in [0.25, 0.3) is 0 Å². The number of hydrogen-bond acceptors (Lipinski definition) is 4. The zero-order chi connectivity index (χ0) is 19.4. The van der Waals surface area contributed by atoms with Gasteiger partial charge in [-0.2, -0.15) is 0 Å². The maximum Gasteiger partial charge on any atom is 0.219 e. The fourth-order valence-electron chi connectivity index (χ4n) is 4.39. The molecule has 1 aromatic carbocycles. The smallest absolute Gasteiger partial charge is 0.219 e. The molecule has 3 rings (SSSR count). The van der Waals surface area contributed by atoms with Gasteiger partial charge in [-0.05, 0) is 43.6 Å². The highest BCUT2D eigenvalue weighted by molar-refractivity contribution is 7.88. The maximum atomic E-state index is 11.9. The summed E-state index contributed by atoms with van der Waals surface area (Å²) in [6, 6.07) is 10.1. The molecule has 2 aliphatic rings. The number of nitrogens with one attached hydrogen (secondary N) is 1. The first kappa shape index (κ1) is 20.3. The molecular weight excluding hydrogens is 364 g/mol. The predicted molar refractivity (Wildman–Crippen MR) is 105 cm³/mol. The van der Waals surface area contributed by atoms with Crippen molar-refractivity contribution in [1.82, 2.24) is 9.62 Å². The van der Waals surface area contributed by atoms with Crippen molar-refractivity contribution in [3.63, 3.8) is 0 Å². The number of benzene rings is 1. The summed E-state index contributed by atoms with van der Waals surface area (Å²) in [5, 5.41) is 0. The Balaban J connectivity index is 1.53. The van der Waals surface area contributed by atoms with Crippen molar-refractivity contribution in [2.45, 2.75) is 63.1 Å². The van der Waals surface area contributed by atoms with Gasteiger partial charge in [0.1, 0.15) is 0 Å². The van der Waals surface area contributed by atoms with Gasteiger partial charge in [0.2, 0.25) is 15.9 Å². The van der Waals surface area contributed by atoms with Crippen LogP contribution in [0.4, 0.5) is 0 Å². The van der Waals surface area contributed by atoms with Crippen LogP contribution in [-0.2, 0) is 19.6 Å². The number of nitrogens with zero attached hydrogens (tertiary/aromatic N) is 1. The predicted octanol–water partition coefficient (Wildman–Crippen LogP) is 2.27. The zero-order valence-corrected chi connectivity index (χ0v) is 17.0. The van der Waals surface area contributed by atoms with Gasteiger partial charge in [0.05, 0.1) is 25.0 Å². The van der Waals surface area contributed by atoms with Crippen LogP contribution in [0.25, 0.3) is 0 Å². The number of amides is 1. The second-order valence-electron chi connectivity index (χ2n) is 7.78. The first-order chi connectivity index (χ1) is 12.8. The summed E-state index contributed by atoms with van der Waals surface area (Å²) >= 11 is 0. The molecule has 1 aliphatic carbocycles. The summed E-state index contributed by atoms with van der Waals surface area (Å²) in [5.74, 6) is 0.556. The van der Waals surface area contributed by atoms with Crippen LogP contribution in [-0.4, -0.2) is 56.8 Å². The first-order valence-electron chi connectivity index (χ1n) is 9.74. The average molecular weight is 395 g/mol. The molecule has 1 heterocycles. The minimum Gasteiger partial charge on any atom is -0.376 e. The standard InChI is InChI=1S/C20H30N2O4S/c1-15(23)22-13-12-19(21-27(2,24)25)20(22)14-26-18-10-8-17(9-11-18)16-6-4-3-5-7-16/h3-7,17-21H,8-14H2,1-2H3/t17?,18?,19-,20?/m0/s1. The third-order valence-electron chi connectivity index (χ3n) is 5.76. The number of carbonyl (C=O) groups is 1. The van der Waals surface area contributed by atoms with Crippen molar-refractivity contribution >= 4 is 15.9 Å². The first-order valence-corrected chi connectivity index (χ1v) is 11.6. The van der Waals surface area contributed by atoms with Gasteiger partial charge in [0.15, 0.2) is 0 Å². The van der Waals surface area contributed by atoms with E-state index < -0.39 is 10.0 Å². The number of ether oxygens (including phenoxy) is 1. The second kappa shape index (κ2) is 8.71. The Hall–Kier alpha value is -1.44. The molecule has 1 unspecified atom stereocenters. The van der Waals surface area contributed by atoms with Gasteiger partial charge in [0, 0.05) is 19.5 Å². The highest BCUT2D eigenvalue weighted by Crippen LogP contribution is 2.34. The van der Waals surface area contributed by atoms with Crippen LogP contribution in [0.2, 0.25) is 0 Å². The normalized spacial score (nSPS) is 29.0. The molecule has 0 bridgehead atoms. The van der Waals surface area contributed by atoms with Crippen LogP contribution in [0.1, 0.15) is 50.5 Å². The van der Waals surface area contributed by atoms with Gasteiger partial charge in [-0.1, -0.05) is 30.3 Å². The quantitative estimate of drug-likeness (QED) is 0.803. The van der Waals surface area contributed by atoms with Gasteiger partial charge < -0.3 is 9.64 Å². The van der Waals surface area contributed by atoms with Crippen LogP contribution >= 0.6 is 0 Å². The molecule has 1 amide bonds. The third-order valence-corrected chi connectivity index (χ3v) is 6.49. The van der Waals surface area contributed by atoms with E-state index in [4.69, 9.17) is 4.74 Å². The van der Waals surface area contributed by atoms with Crippen LogP contribution < -0.4 is 4.72 Å². The molecule has 0 aromatic heterocycles. The van der Waals surface area contributed by atoms with Crippen LogP contribution in [0.3, 0.4) is 0 Å². The highest BCUT2D eigenvalue weighted by atomic mass is 32.2. The van der Waals surface area contributed by atoms with Crippen molar-refractivity contribution in [1.29, 1.82) is 0 Å². The van der Waals surface area contributed by atoms with Crippen LogP contribution in [0, 0.1) is 0 Å². The van der Waals surface area contributed by atoms with E-state index in [1.807, 2.05) is 6.07 Å². The van der Waals surface area contributed by atoms with E-state index in [2.05, 4.69) is 29.0 Å². The summed E-state index contributed by atoms with van der Waals surface area (Å²) in [6.45, 7) is 2.48. The van der Waals surface area contributed by atoms with Gasteiger partial charge in [-0.3, -0.25) is 4.79 Å². The zero-order valence-electron chi connectivity index (χ0n) is 16.1. The molecular formula is C20H30N2O4S. The average Bonchev–Trinajstić information content (AvgIpc) is 3.02. The van der Waals surface area contributed by atoms with E-state index in [1.54, 1.807) is 4.90 Å². The second-order valence-corrected chi connectivity index (χ2v) is 9.56. The summed E-state index contributed by atoms with van der Waals surface area (Å²) in [7, 11) is -3.31. The molecule has 1 saturated heterocycles. The Bertz CT molecular complexity index is 730. The van der Waals surface area contributed by atoms with Gasteiger partial charge in [-0.15, -0.1) is 0 Å². The van der Waals surface area contributed by atoms with E-state index in [1.165, 1.54) is 12.5 Å². The topological polar surface area (TPSA) is 75.7 Å². The summed E-state index contributed by atoms with van der Waals surface area (Å²) in [6.07, 6.45) is 6.15. The lowest BCUT2D eigenvalue weighted by Gasteiger charge is -2.32. The third kappa shape index (κ3) is 5.53. The minimum atomic E-state index is -3.31. The molecule has 0 spiro atoms. The molecule has 2 fully saturated rings. The Kier molecular flexibility index (Phi) is 6.55. The Labute approximate surface area is 162 Å². The molecule has 1 saturated carbocycles. The maximum absolute atomic E-state index is 11.9. The van der Waals surface area contributed by atoms with E-state index >= 15 is 0 Å². The molecule has 0 radical (unpaired) electrons. The molecule has 1 aliphatic heterocycles. The van der Waals surface area contributed by atoms with E-state index in [-0.39, 0.29) is 24.1 Å². The fourth-order valence-corrected chi connectivity index (χ4v) is 5.21. The number of carbonyl (C=O) groups excluding carboxylic acids is 1. The van der Waals surface area contributed by atoms with Crippen molar-refractivity contribution in [3.8, 4) is 0 Å². The monoisotopic (exact) mass is 394 g/mol. The lowest BCUT2D eigenvalue weighted by molar-refractivity contribution is -0.131. The van der Waals surface area contributed by atoms with Crippen molar-refractivity contribution in [3.05, 3.63) is 35.9 Å². The van der Waals surface area contributed by atoms with Crippen molar-refractivity contribution in [2.75, 3.05) is 19.4 Å². The van der Waals surface area contributed by atoms with Crippen molar-refractivity contribution < 1.29 is 17.9 Å². The van der Waals surface area contributed by atoms with E-state index in [0.29, 0.717) is 25.5 Å². The summed E-state index contributed by atoms with van der Waals surface area (Å²) in [5.41, 5.74) is 1.40. The minimum absolute atomic E-state index is 0.0332. The number of hydrogen-bond donors (Lipinski definition) is 1. The largest absolute Gasteiger partial charge is 0.376 e. The van der Waals surface area contributed by atoms with E-state index in [0.717, 1.165) is 31.9 Å². The summed E-state index contributed by atoms with van der Waals surface area (Å²) < 4.78 is 32.1. The number of likely N-dealkylation sites (tertiary alicyclic amines) is 1. The van der Waals surface area contributed by atoms with Gasteiger partial charge >= 0.3 is 0 Å². The SMILES string of the molecule is CC(=O)N1CC[C@H](NS(C)(=O)=O)C1COC1CCC(c2ccccc2)CC1. The molecule has 1 aromatic rings. The molecule has 7 heteroatoms. The molecule has 1 N–H and O–H groups in total. The fraction of sp³-hybridized carbons (Fsp3) is 0.650. The Morgan fingerprint density at radius 3 is 2.41 bits per heavy atom. The lowest BCUT2D eigenvalue weighted by Crippen LogP contribution is -2.49. The molecule has 150 valence electrons. The van der Waals surface area contributed by atoms with Crippen LogP contribution in [0.5, 0.6) is 0 Å². The van der Waals surface area contributed by atoms with Crippen LogP contribution in [0.15, 0.2) is 30.3 Å². The number of sulfonamides is 1. The molecule has 2 atom stereocenters. The lowest BCUT2D eigenvalue weighted by atomic mass is 9.83. The Morgan fingerprint density at radius 2 is 1.81 bits per heavy atom. The van der Waals surface area contributed by atoms with E-state index in [9.17, 15) is 13.2 Å². The highest BCUT2D eigenvalue weighted by Gasteiger charge is 2.38. The van der Waals surface area contributed by atoms with Crippen molar-refractivity contribution in [2.24, 2.45) is 0 Å². The molecule has 27 heavy (non-hydrogen) atoms. The Morgan fingerprint density at radius 1 is 1.15 bits per heavy atom. The van der Waals surface area contributed by atoms with Gasteiger partial charge in [-0.25, -0.2) is 13.1 Å².